The Morgan fingerprint density at radius 2 is 0.792 bits per heavy atom. The van der Waals surface area contributed by atoms with Crippen molar-refractivity contribution in [2.75, 3.05) is 10.6 Å². The van der Waals surface area contributed by atoms with Gasteiger partial charge in [0.15, 0.2) is 0 Å². The molecule has 2 saturated carbocycles. The van der Waals surface area contributed by atoms with Crippen molar-refractivity contribution in [3.63, 3.8) is 0 Å². The number of hydrogen-bond acceptors (Lipinski definition) is 6. The number of nitrogens with zero attached hydrogens (tertiary/aromatic N) is 2. The van der Waals surface area contributed by atoms with Gasteiger partial charge in [0.25, 0.3) is 11.8 Å². The summed E-state index contributed by atoms with van der Waals surface area (Å²) in [7, 11) is 0. The molecule has 0 bridgehead atoms. The predicted octanol–water partition coefficient (Wildman–Crippen LogP) is 7.03. The minimum Gasteiger partial charge on any atom is -0.326 e. The van der Waals surface area contributed by atoms with Crippen LogP contribution in [-0.2, 0) is 9.59 Å². The Labute approximate surface area is 281 Å². The Morgan fingerprint density at radius 3 is 1.12 bits per heavy atom. The van der Waals surface area contributed by atoms with E-state index in [1.807, 2.05) is 48.5 Å². The SMILES string of the molecule is CC(=NNC(=O)c1ccc(C(=O)NN=C(C)c2ccc(NC(=O)C3CCCCC3)cc2)cc1)c1ccc(NC(=O)C2CCCCC2)cc1. The molecule has 5 rings (SSSR count). The summed E-state index contributed by atoms with van der Waals surface area (Å²) in [6.45, 7) is 3.58. The van der Waals surface area contributed by atoms with E-state index in [1.54, 1.807) is 38.1 Å². The number of carbonyl (C=O) groups is 4. The van der Waals surface area contributed by atoms with Crippen molar-refractivity contribution in [2.24, 2.45) is 22.0 Å². The number of hydrogen-bond donors (Lipinski definition) is 4. The molecule has 0 aromatic heterocycles. The molecule has 2 aliphatic carbocycles. The zero-order valence-corrected chi connectivity index (χ0v) is 27.7. The highest BCUT2D eigenvalue weighted by Crippen LogP contribution is 2.26. The number of amides is 4. The second-order valence-electron chi connectivity index (χ2n) is 12.7. The molecule has 0 atom stereocenters. The van der Waals surface area contributed by atoms with Gasteiger partial charge in [0.05, 0.1) is 11.4 Å². The van der Waals surface area contributed by atoms with Crippen molar-refractivity contribution in [3.05, 3.63) is 95.1 Å². The van der Waals surface area contributed by atoms with Gasteiger partial charge in [-0.1, -0.05) is 62.8 Å². The Hall–Kier alpha value is -5.12. The van der Waals surface area contributed by atoms with Gasteiger partial charge in [-0.25, -0.2) is 10.9 Å². The Bertz CT molecular complexity index is 1530. The van der Waals surface area contributed by atoms with Crippen LogP contribution in [0.15, 0.2) is 83.0 Å². The van der Waals surface area contributed by atoms with Crippen molar-refractivity contribution in [2.45, 2.75) is 78.1 Å². The van der Waals surface area contributed by atoms with E-state index in [0.717, 1.165) is 73.9 Å². The average molecular weight is 649 g/mol. The highest BCUT2D eigenvalue weighted by Gasteiger charge is 2.22. The first-order chi connectivity index (χ1) is 23.3. The number of nitrogens with one attached hydrogen (secondary N) is 4. The minimum absolute atomic E-state index is 0.0743. The molecular formula is C38H44N6O4. The molecule has 0 spiro atoms. The number of rotatable bonds is 10. The van der Waals surface area contributed by atoms with E-state index < -0.39 is 11.8 Å². The van der Waals surface area contributed by atoms with Crippen molar-refractivity contribution >= 4 is 46.4 Å². The van der Waals surface area contributed by atoms with Crippen LogP contribution in [0, 0.1) is 11.8 Å². The molecule has 0 radical (unpaired) electrons. The topological polar surface area (TPSA) is 141 Å². The highest BCUT2D eigenvalue weighted by molar-refractivity contribution is 6.03. The first-order valence-electron chi connectivity index (χ1n) is 16.9. The Balaban J connectivity index is 1.08. The van der Waals surface area contributed by atoms with E-state index in [9.17, 15) is 19.2 Å². The van der Waals surface area contributed by atoms with E-state index in [4.69, 9.17) is 0 Å². The van der Waals surface area contributed by atoms with Crippen LogP contribution in [0.3, 0.4) is 0 Å². The summed E-state index contributed by atoms with van der Waals surface area (Å²) in [5, 5.41) is 14.5. The van der Waals surface area contributed by atoms with Crippen LogP contribution >= 0.6 is 0 Å². The fourth-order valence-electron chi connectivity index (χ4n) is 6.11. The minimum atomic E-state index is -0.412. The lowest BCUT2D eigenvalue weighted by Gasteiger charge is -2.20. The number of carbonyl (C=O) groups excluding carboxylic acids is 4. The lowest BCUT2D eigenvalue weighted by Crippen LogP contribution is -2.24. The third kappa shape index (κ3) is 9.47. The molecular weight excluding hydrogens is 604 g/mol. The summed E-state index contributed by atoms with van der Waals surface area (Å²) in [6, 6.07) is 21.0. The normalized spacial score (nSPS) is 16.1. The van der Waals surface area contributed by atoms with Gasteiger partial charge in [-0.05, 0) is 99.2 Å². The molecule has 4 N–H and O–H groups in total. The van der Waals surface area contributed by atoms with Crippen LogP contribution in [0.2, 0.25) is 0 Å². The van der Waals surface area contributed by atoms with Crippen molar-refractivity contribution in [3.8, 4) is 0 Å². The average Bonchev–Trinajstić information content (AvgIpc) is 3.14. The maximum Gasteiger partial charge on any atom is 0.271 e. The van der Waals surface area contributed by atoms with Gasteiger partial charge in [0.1, 0.15) is 0 Å². The molecule has 250 valence electrons. The summed E-state index contributed by atoms with van der Waals surface area (Å²) < 4.78 is 0. The third-order valence-corrected chi connectivity index (χ3v) is 9.15. The maximum atomic E-state index is 12.7. The van der Waals surface area contributed by atoms with Crippen LogP contribution in [0.1, 0.15) is 110 Å². The first kappa shape index (κ1) is 34.2. The molecule has 0 aliphatic heterocycles. The van der Waals surface area contributed by atoms with E-state index in [-0.39, 0.29) is 23.7 Å². The molecule has 2 fully saturated rings. The van der Waals surface area contributed by atoms with Gasteiger partial charge in [-0.3, -0.25) is 19.2 Å². The molecule has 4 amide bonds. The zero-order valence-electron chi connectivity index (χ0n) is 27.7. The monoisotopic (exact) mass is 648 g/mol. The molecule has 3 aromatic carbocycles. The van der Waals surface area contributed by atoms with Crippen LogP contribution in [0.5, 0.6) is 0 Å². The van der Waals surface area contributed by atoms with Crippen LogP contribution in [0.25, 0.3) is 0 Å². The predicted molar refractivity (Wildman–Crippen MR) is 189 cm³/mol. The van der Waals surface area contributed by atoms with E-state index in [0.29, 0.717) is 22.6 Å². The molecule has 0 saturated heterocycles. The molecule has 0 unspecified atom stereocenters. The number of benzene rings is 3. The number of anilines is 2. The maximum absolute atomic E-state index is 12.7. The molecule has 48 heavy (non-hydrogen) atoms. The fourth-order valence-corrected chi connectivity index (χ4v) is 6.11. The fraction of sp³-hybridized carbons (Fsp3) is 0.368. The van der Waals surface area contributed by atoms with E-state index in [2.05, 4.69) is 31.7 Å². The standard InChI is InChI=1S/C38H44N6O4/c1-25(27-17-21-33(22-18-27)39-35(45)29-9-5-3-6-10-29)41-43-37(47)31-13-15-32(16-14-31)38(48)44-42-26(2)28-19-23-34(24-20-28)40-36(46)30-11-7-4-8-12-30/h13-24,29-30H,3-12H2,1-2H3,(H,39,45)(H,40,46)(H,43,47)(H,44,48). The van der Waals surface area contributed by atoms with Crippen LogP contribution in [-0.4, -0.2) is 35.1 Å². The van der Waals surface area contributed by atoms with Gasteiger partial charge in [-0.2, -0.15) is 10.2 Å². The Kier molecular flexibility index (Phi) is 11.9. The van der Waals surface area contributed by atoms with Crippen LogP contribution < -0.4 is 21.5 Å². The van der Waals surface area contributed by atoms with Gasteiger partial charge in [-0.15, -0.1) is 0 Å². The lowest BCUT2D eigenvalue weighted by molar-refractivity contribution is -0.121. The Morgan fingerprint density at radius 1 is 0.479 bits per heavy atom. The second kappa shape index (κ2) is 16.6. The number of hydrazone groups is 2. The van der Waals surface area contributed by atoms with Gasteiger partial charge >= 0.3 is 0 Å². The first-order valence-corrected chi connectivity index (χ1v) is 16.9. The molecule has 0 heterocycles. The van der Waals surface area contributed by atoms with E-state index in [1.165, 1.54) is 12.8 Å². The van der Waals surface area contributed by atoms with Crippen molar-refractivity contribution in [1.82, 2.24) is 10.9 Å². The van der Waals surface area contributed by atoms with Gasteiger partial charge in [0, 0.05) is 34.3 Å². The van der Waals surface area contributed by atoms with Crippen LogP contribution in [0.4, 0.5) is 11.4 Å². The molecule has 10 nitrogen and oxygen atoms in total. The lowest BCUT2D eigenvalue weighted by atomic mass is 9.88. The zero-order chi connectivity index (χ0) is 33.9. The van der Waals surface area contributed by atoms with Gasteiger partial charge in [0.2, 0.25) is 11.8 Å². The van der Waals surface area contributed by atoms with Gasteiger partial charge < -0.3 is 10.6 Å². The summed E-state index contributed by atoms with van der Waals surface area (Å²) in [4.78, 5) is 50.5. The largest absolute Gasteiger partial charge is 0.326 e. The third-order valence-electron chi connectivity index (χ3n) is 9.15. The second-order valence-corrected chi connectivity index (χ2v) is 12.7. The molecule has 2 aliphatic rings. The molecule has 10 heteroatoms. The van der Waals surface area contributed by atoms with Crippen molar-refractivity contribution < 1.29 is 19.2 Å². The quantitative estimate of drug-likeness (QED) is 0.138. The van der Waals surface area contributed by atoms with E-state index >= 15 is 0 Å². The molecule has 3 aromatic rings. The highest BCUT2D eigenvalue weighted by atomic mass is 16.2. The summed E-state index contributed by atoms with van der Waals surface area (Å²) in [5.74, 6) is -0.508. The van der Waals surface area contributed by atoms with Crippen molar-refractivity contribution in [1.29, 1.82) is 0 Å². The smallest absolute Gasteiger partial charge is 0.271 e. The summed E-state index contributed by atoms with van der Waals surface area (Å²) in [6.07, 6.45) is 10.6. The summed E-state index contributed by atoms with van der Waals surface area (Å²) in [5.41, 5.74) is 10.1. The summed E-state index contributed by atoms with van der Waals surface area (Å²) >= 11 is 0.